The fourth-order valence-electron chi connectivity index (χ4n) is 4.84. The van der Waals surface area contributed by atoms with Crippen LogP contribution < -0.4 is 15.4 Å². The molecule has 8 nitrogen and oxygen atoms in total. The fourth-order valence-corrected chi connectivity index (χ4v) is 4.84. The minimum atomic E-state index is -0.151. The van der Waals surface area contributed by atoms with Crippen LogP contribution in [-0.4, -0.2) is 62.3 Å². The summed E-state index contributed by atoms with van der Waals surface area (Å²) in [5.41, 5.74) is 2.85. The predicted octanol–water partition coefficient (Wildman–Crippen LogP) is 4.32. The van der Waals surface area contributed by atoms with E-state index in [-0.39, 0.29) is 18.0 Å². The molecular weight excluding hydrogens is 466 g/mol. The zero-order chi connectivity index (χ0) is 26.2. The van der Waals surface area contributed by atoms with Crippen molar-refractivity contribution in [3.63, 3.8) is 0 Å². The Morgan fingerprint density at radius 2 is 2.08 bits per heavy atom. The number of anilines is 1. The number of hydrogen-bond acceptors (Lipinski definition) is 7. The molecule has 1 aliphatic heterocycles. The average Bonchev–Trinajstić information content (AvgIpc) is 2.94. The van der Waals surface area contributed by atoms with E-state index in [1.54, 1.807) is 32.5 Å². The molecular formula is C29H33N5O3. The molecule has 0 radical (unpaired) electrons. The third-order valence-electron chi connectivity index (χ3n) is 6.78. The number of nitrogens with zero attached hydrogens (tertiary/aromatic N) is 3. The Hall–Kier alpha value is -3.93. The van der Waals surface area contributed by atoms with E-state index in [2.05, 4.69) is 51.4 Å². The zero-order valence-electron chi connectivity index (χ0n) is 21.4. The number of nitriles is 1. The largest absolute Gasteiger partial charge is 0.495 e. The molecule has 0 aliphatic carbocycles. The lowest BCUT2D eigenvalue weighted by molar-refractivity contribution is 0.0743. The number of pyridine rings is 1. The molecule has 1 saturated heterocycles. The minimum Gasteiger partial charge on any atom is -0.495 e. The molecule has 1 amide bonds. The van der Waals surface area contributed by atoms with Gasteiger partial charge in [0.25, 0.3) is 5.91 Å². The van der Waals surface area contributed by atoms with Crippen LogP contribution in [0.2, 0.25) is 0 Å². The van der Waals surface area contributed by atoms with E-state index < -0.39 is 0 Å². The number of rotatable bonds is 10. The smallest absolute Gasteiger partial charge is 0.270 e. The van der Waals surface area contributed by atoms with E-state index in [9.17, 15) is 4.79 Å². The quantitative estimate of drug-likeness (QED) is 0.401. The summed E-state index contributed by atoms with van der Waals surface area (Å²) in [4.78, 5) is 19.4. The van der Waals surface area contributed by atoms with Gasteiger partial charge >= 0.3 is 0 Å². The number of fused-ring (bicyclic) bond motifs is 1. The van der Waals surface area contributed by atoms with Crippen LogP contribution in [0.1, 0.15) is 34.9 Å². The minimum absolute atomic E-state index is 0.0239. The Morgan fingerprint density at radius 3 is 2.81 bits per heavy atom. The van der Waals surface area contributed by atoms with E-state index in [0.29, 0.717) is 30.2 Å². The zero-order valence-corrected chi connectivity index (χ0v) is 21.4. The van der Waals surface area contributed by atoms with Crippen LogP contribution in [-0.2, 0) is 4.74 Å². The first-order valence-corrected chi connectivity index (χ1v) is 12.4. The van der Waals surface area contributed by atoms with Crippen LogP contribution >= 0.6 is 0 Å². The molecule has 0 saturated carbocycles. The summed E-state index contributed by atoms with van der Waals surface area (Å²) in [7, 11) is 3.35. The molecule has 4 rings (SSSR count). The molecule has 2 heterocycles. The number of likely N-dealkylation sites (tertiary alicyclic amines) is 1. The number of benzene rings is 2. The van der Waals surface area contributed by atoms with Crippen LogP contribution in [0.3, 0.4) is 0 Å². The number of amides is 1. The Bertz CT molecular complexity index is 1290. The lowest BCUT2D eigenvalue weighted by Crippen LogP contribution is -2.47. The summed E-state index contributed by atoms with van der Waals surface area (Å²) in [5.74, 6) is 0.554. The molecule has 3 aromatic rings. The number of methoxy groups -OCH3 is 2. The molecule has 0 bridgehead atoms. The van der Waals surface area contributed by atoms with Crippen molar-refractivity contribution in [1.82, 2.24) is 15.2 Å². The van der Waals surface area contributed by atoms with Crippen LogP contribution in [0.4, 0.5) is 5.69 Å². The third-order valence-corrected chi connectivity index (χ3v) is 6.78. The Balaban J connectivity index is 1.64. The molecule has 192 valence electrons. The van der Waals surface area contributed by atoms with Crippen molar-refractivity contribution >= 4 is 22.4 Å². The number of nitrogens with one attached hydrogen (secondary N) is 2. The van der Waals surface area contributed by atoms with E-state index in [1.807, 2.05) is 18.2 Å². The van der Waals surface area contributed by atoms with E-state index in [0.717, 1.165) is 48.0 Å². The first-order chi connectivity index (χ1) is 18.0. The molecule has 37 heavy (non-hydrogen) atoms. The molecule has 2 atom stereocenters. The van der Waals surface area contributed by atoms with Crippen molar-refractivity contribution < 1.29 is 14.3 Å². The van der Waals surface area contributed by atoms with Gasteiger partial charge in [-0.25, -0.2) is 0 Å². The third kappa shape index (κ3) is 6.26. The molecule has 2 aromatic carbocycles. The maximum atomic E-state index is 12.8. The Labute approximate surface area is 217 Å². The molecule has 8 heteroatoms. The van der Waals surface area contributed by atoms with E-state index in [1.165, 1.54) is 0 Å². The molecule has 1 aliphatic rings. The number of aromatic nitrogens is 1. The SMILES string of the molecule is C=C(C#N)CNc1c(OC)ccc2ccc(C3CC(NC(=O)c4ccccn4)CCN3CCOC)cc12. The molecule has 1 fully saturated rings. The first kappa shape index (κ1) is 26.1. The molecule has 0 spiro atoms. The summed E-state index contributed by atoms with van der Waals surface area (Å²) in [5, 5.41) is 17.8. The van der Waals surface area contributed by atoms with Gasteiger partial charge in [0.05, 0.1) is 25.5 Å². The molecule has 2 N–H and O–H groups in total. The van der Waals surface area contributed by atoms with Crippen molar-refractivity contribution in [3.8, 4) is 11.8 Å². The van der Waals surface area contributed by atoms with Crippen molar-refractivity contribution in [2.75, 3.05) is 45.8 Å². The summed E-state index contributed by atoms with van der Waals surface area (Å²) in [6, 6.07) is 18.0. The highest BCUT2D eigenvalue weighted by Crippen LogP contribution is 2.38. The van der Waals surface area contributed by atoms with Gasteiger partial charge in [-0.2, -0.15) is 5.26 Å². The predicted molar refractivity (Wildman–Crippen MR) is 145 cm³/mol. The van der Waals surface area contributed by atoms with E-state index in [4.69, 9.17) is 14.7 Å². The highest BCUT2D eigenvalue weighted by Gasteiger charge is 2.31. The van der Waals surface area contributed by atoms with Crippen LogP contribution in [0.25, 0.3) is 10.8 Å². The lowest BCUT2D eigenvalue weighted by Gasteiger charge is -2.40. The maximum absolute atomic E-state index is 12.8. The maximum Gasteiger partial charge on any atom is 0.270 e. The molecule has 1 aromatic heterocycles. The number of ether oxygens (including phenoxy) is 2. The number of piperidine rings is 1. The van der Waals surface area contributed by atoms with Crippen LogP contribution in [0, 0.1) is 11.3 Å². The van der Waals surface area contributed by atoms with Gasteiger partial charge in [-0.1, -0.05) is 30.8 Å². The summed E-state index contributed by atoms with van der Waals surface area (Å²) >= 11 is 0. The normalized spacial score (nSPS) is 17.6. The van der Waals surface area contributed by atoms with Gasteiger partial charge in [0.2, 0.25) is 0 Å². The van der Waals surface area contributed by atoms with Gasteiger partial charge in [-0.05, 0) is 48.1 Å². The van der Waals surface area contributed by atoms with E-state index >= 15 is 0 Å². The highest BCUT2D eigenvalue weighted by molar-refractivity contribution is 5.97. The average molecular weight is 500 g/mol. The summed E-state index contributed by atoms with van der Waals surface area (Å²) in [6.07, 6.45) is 3.25. The molecule has 2 unspecified atom stereocenters. The van der Waals surface area contributed by atoms with Crippen molar-refractivity contribution in [1.29, 1.82) is 5.26 Å². The lowest BCUT2D eigenvalue weighted by atomic mass is 9.90. The van der Waals surface area contributed by atoms with Gasteiger partial charge in [0, 0.05) is 56.0 Å². The number of carbonyl (C=O) groups excluding carboxylic acids is 1. The second-order valence-corrected chi connectivity index (χ2v) is 9.15. The highest BCUT2D eigenvalue weighted by atomic mass is 16.5. The van der Waals surface area contributed by atoms with Crippen molar-refractivity contribution in [2.24, 2.45) is 0 Å². The second kappa shape index (κ2) is 12.3. The van der Waals surface area contributed by atoms with Gasteiger partial charge in [0.1, 0.15) is 11.4 Å². The Morgan fingerprint density at radius 1 is 1.24 bits per heavy atom. The second-order valence-electron chi connectivity index (χ2n) is 9.15. The number of hydrogen-bond donors (Lipinski definition) is 2. The van der Waals surface area contributed by atoms with Gasteiger partial charge in [-0.3, -0.25) is 14.7 Å². The van der Waals surface area contributed by atoms with Crippen molar-refractivity contribution in [3.05, 3.63) is 78.1 Å². The number of carbonyl (C=O) groups is 1. The monoisotopic (exact) mass is 499 g/mol. The summed E-state index contributed by atoms with van der Waals surface area (Å²) < 4.78 is 11.0. The fraction of sp³-hybridized carbons (Fsp3) is 0.345. The first-order valence-electron chi connectivity index (χ1n) is 12.4. The van der Waals surface area contributed by atoms with Gasteiger partial charge < -0.3 is 20.1 Å². The standard InChI is InChI=1S/C29H33N5O3/c1-20(18-30)19-32-28-24-16-22(8-7-21(24)9-10-27(28)37-3)26-17-23(11-13-34(26)14-15-36-2)33-29(35)25-6-4-5-12-31-25/h4-10,12,16,23,26,32H,1,11,13-15,17,19H2,2-3H3,(H,33,35). The van der Waals surface area contributed by atoms with Crippen LogP contribution in [0.5, 0.6) is 5.75 Å². The topological polar surface area (TPSA) is 99.5 Å². The van der Waals surface area contributed by atoms with Gasteiger partial charge in [0.15, 0.2) is 0 Å². The van der Waals surface area contributed by atoms with Crippen molar-refractivity contribution in [2.45, 2.75) is 24.9 Å². The Kier molecular flexibility index (Phi) is 8.72. The van der Waals surface area contributed by atoms with Gasteiger partial charge in [-0.15, -0.1) is 0 Å². The van der Waals surface area contributed by atoms with Crippen LogP contribution in [0.15, 0.2) is 66.9 Å². The summed E-state index contributed by atoms with van der Waals surface area (Å²) in [6.45, 7) is 6.39.